The lowest BCUT2D eigenvalue weighted by Crippen LogP contribution is -2.16. The Bertz CT molecular complexity index is 367. The SMILES string of the molecule is CC(CO)OCCC#N.CC(COCCC#N)OCCC#N.NO.NO. The van der Waals surface area contributed by atoms with E-state index in [2.05, 4.69) is 11.8 Å². The van der Waals surface area contributed by atoms with Crippen molar-refractivity contribution in [3.8, 4) is 18.2 Å². The molecule has 0 radical (unpaired) electrons. The molecule has 0 aliphatic carbocycles. The Kier molecular flexibility index (Phi) is 42.3. The summed E-state index contributed by atoms with van der Waals surface area (Å²) in [7, 11) is 0. The zero-order valence-electron chi connectivity index (χ0n) is 15.4. The minimum Gasteiger partial charge on any atom is -0.394 e. The topological polar surface area (TPSA) is 212 Å². The predicted molar refractivity (Wildman–Crippen MR) is 91.4 cm³/mol. The lowest BCUT2D eigenvalue weighted by atomic mass is 10.4. The first kappa shape index (κ1) is 31.9. The average molecular weight is 377 g/mol. The molecule has 2 atom stereocenters. The molecule has 11 heteroatoms. The molecule has 0 aromatic heterocycles. The van der Waals surface area contributed by atoms with Crippen LogP contribution in [-0.4, -0.2) is 60.8 Å². The molecule has 7 N–H and O–H groups in total. The second kappa shape index (κ2) is 34.5. The van der Waals surface area contributed by atoms with Gasteiger partial charge < -0.3 is 29.7 Å². The Hall–Kier alpha value is -1.85. The predicted octanol–water partition coefficient (Wildman–Crippen LogP) is 0.202. The molecule has 0 heterocycles. The van der Waals surface area contributed by atoms with Gasteiger partial charge in [-0.1, -0.05) is 0 Å². The van der Waals surface area contributed by atoms with Gasteiger partial charge in [0.2, 0.25) is 0 Å². The Morgan fingerprint density at radius 2 is 1.15 bits per heavy atom. The monoisotopic (exact) mass is 377 g/mol. The van der Waals surface area contributed by atoms with E-state index in [1.165, 1.54) is 0 Å². The number of nitrogens with two attached hydrogens (primary N) is 2. The van der Waals surface area contributed by atoms with Crippen molar-refractivity contribution in [1.29, 1.82) is 15.8 Å². The highest BCUT2D eigenvalue weighted by Gasteiger charge is 2.01. The second-order valence-corrected chi connectivity index (χ2v) is 4.34. The van der Waals surface area contributed by atoms with E-state index >= 15 is 0 Å². The fourth-order valence-corrected chi connectivity index (χ4v) is 1.08. The van der Waals surface area contributed by atoms with Gasteiger partial charge in [-0.05, 0) is 13.8 Å². The molecule has 0 saturated heterocycles. The minimum absolute atomic E-state index is 0.00737. The fourth-order valence-electron chi connectivity index (χ4n) is 1.08. The first-order chi connectivity index (χ1) is 12.6. The third-order valence-corrected chi connectivity index (χ3v) is 2.20. The van der Waals surface area contributed by atoms with Crippen LogP contribution in [0.3, 0.4) is 0 Å². The molecule has 2 unspecified atom stereocenters. The van der Waals surface area contributed by atoms with E-state index in [1.54, 1.807) is 6.92 Å². The van der Waals surface area contributed by atoms with Crippen molar-refractivity contribution >= 4 is 0 Å². The molecule has 0 bridgehead atoms. The number of aliphatic hydroxyl groups is 1. The van der Waals surface area contributed by atoms with Gasteiger partial charge in [0.1, 0.15) is 0 Å². The normalized spacial score (nSPS) is 10.6. The van der Waals surface area contributed by atoms with Crippen molar-refractivity contribution in [2.45, 2.75) is 45.3 Å². The summed E-state index contributed by atoms with van der Waals surface area (Å²) < 4.78 is 15.3. The maximum Gasteiger partial charge on any atom is 0.0780 e. The zero-order chi connectivity index (χ0) is 21.1. The van der Waals surface area contributed by atoms with Crippen LogP contribution >= 0.6 is 0 Å². The standard InChI is InChI=1S/C9H14N2O2.C6H11NO2.2H3NO/c1-9(13-7-3-5-11)8-12-6-2-4-10;1-6(5-8)9-4-2-3-7;2*1-2/h9H,2-3,6-8H2,1H3;6,8H,2,4-5H2,1H3;2*2H,1H2. The maximum atomic E-state index is 8.43. The van der Waals surface area contributed by atoms with Gasteiger partial charge >= 0.3 is 0 Å². The maximum absolute atomic E-state index is 8.43. The summed E-state index contributed by atoms with van der Waals surface area (Å²) in [5, 5.41) is 45.9. The molecule has 0 fully saturated rings. The first-order valence-corrected chi connectivity index (χ1v) is 7.66. The van der Waals surface area contributed by atoms with Crippen LogP contribution in [0, 0.1) is 34.0 Å². The Balaban J connectivity index is -0.000000162. The third kappa shape index (κ3) is 38.0. The summed E-state index contributed by atoms with van der Waals surface area (Å²) in [5.74, 6) is 7.00. The van der Waals surface area contributed by atoms with Gasteiger partial charge in [0.25, 0.3) is 0 Å². The molecule has 0 aromatic carbocycles. The van der Waals surface area contributed by atoms with Gasteiger partial charge in [0.15, 0.2) is 0 Å². The van der Waals surface area contributed by atoms with Gasteiger partial charge in [0.05, 0.1) is 82.7 Å². The highest BCUT2D eigenvalue weighted by molar-refractivity contribution is 4.69. The summed E-state index contributed by atoms with van der Waals surface area (Å²) in [6.45, 7) is 5.44. The van der Waals surface area contributed by atoms with Gasteiger partial charge in [-0.2, -0.15) is 15.8 Å². The van der Waals surface area contributed by atoms with Crippen LogP contribution in [-0.2, 0) is 14.2 Å². The van der Waals surface area contributed by atoms with Crippen molar-refractivity contribution in [3.05, 3.63) is 0 Å². The highest BCUT2D eigenvalue weighted by atomic mass is 16.5. The van der Waals surface area contributed by atoms with E-state index in [0.29, 0.717) is 45.7 Å². The molecule has 0 aromatic rings. The number of ether oxygens (including phenoxy) is 3. The van der Waals surface area contributed by atoms with Crippen LogP contribution in [0.5, 0.6) is 0 Å². The molecule has 11 nitrogen and oxygen atoms in total. The smallest absolute Gasteiger partial charge is 0.0780 e. The van der Waals surface area contributed by atoms with Crippen LogP contribution in [0.1, 0.15) is 33.1 Å². The molecule has 0 aliphatic rings. The lowest BCUT2D eigenvalue weighted by Gasteiger charge is -2.11. The molecule has 0 spiro atoms. The number of hydrogen-bond donors (Lipinski definition) is 5. The van der Waals surface area contributed by atoms with Crippen molar-refractivity contribution < 1.29 is 29.7 Å². The molecule has 0 amide bonds. The molecule has 152 valence electrons. The van der Waals surface area contributed by atoms with Crippen molar-refractivity contribution in [3.63, 3.8) is 0 Å². The largest absolute Gasteiger partial charge is 0.394 e. The van der Waals surface area contributed by atoms with Gasteiger partial charge in [-0.3, -0.25) is 0 Å². The van der Waals surface area contributed by atoms with Crippen LogP contribution in [0.15, 0.2) is 0 Å². The van der Waals surface area contributed by atoms with Gasteiger partial charge in [-0.25, -0.2) is 11.8 Å². The number of hydrogen-bond acceptors (Lipinski definition) is 11. The molecule has 0 rings (SSSR count). The summed E-state index contributed by atoms with van der Waals surface area (Å²) in [4.78, 5) is 0. The summed E-state index contributed by atoms with van der Waals surface area (Å²) in [6.07, 6.45) is 1.06. The zero-order valence-corrected chi connectivity index (χ0v) is 15.4. The highest BCUT2D eigenvalue weighted by Crippen LogP contribution is 1.94. The number of nitriles is 3. The molecule has 0 saturated carbocycles. The molecule has 0 aliphatic heterocycles. The summed E-state index contributed by atoms with van der Waals surface area (Å²) >= 11 is 0. The van der Waals surface area contributed by atoms with E-state index in [9.17, 15) is 0 Å². The third-order valence-electron chi connectivity index (χ3n) is 2.20. The number of aliphatic hydroxyl groups excluding tert-OH is 1. The Labute approximate surface area is 154 Å². The number of nitrogens with zero attached hydrogens (tertiary/aromatic N) is 3. The second-order valence-electron chi connectivity index (χ2n) is 4.34. The van der Waals surface area contributed by atoms with Gasteiger partial charge in [-0.15, -0.1) is 0 Å². The summed E-state index contributed by atoms with van der Waals surface area (Å²) in [5.41, 5.74) is 0. The fraction of sp³-hybridized carbons (Fsp3) is 0.800. The Morgan fingerprint density at radius 3 is 1.54 bits per heavy atom. The molecular formula is C15H31N5O6. The molecular weight excluding hydrogens is 346 g/mol. The van der Waals surface area contributed by atoms with E-state index in [1.807, 2.05) is 25.1 Å². The van der Waals surface area contributed by atoms with Crippen LogP contribution in [0.25, 0.3) is 0 Å². The van der Waals surface area contributed by atoms with Crippen molar-refractivity contribution in [2.24, 2.45) is 11.8 Å². The summed E-state index contributed by atoms with van der Waals surface area (Å²) in [6, 6.07) is 5.92. The quantitative estimate of drug-likeness (QED) is 0.242. The van der Waals surface area contributed by atoms with E-state index in [-0.39, 0.29) is 18.8 Å². The first-order valence-electron chi connectivity index (χ1n) is 7.66. The Morgan fingerprint density at radius 1 is 0.769 bits per heavy atom. The van der Waals surface area contributed by atoms with E-state index < -0.39 is 0 Å². The lowest BCUT2D eigenvalue weighted by molar-refractivity contribution is -0.00310. The van der Waals surface area contributed by atoms with Crippen molar-refractivity contribution in [2.75, 3.05) is 33.0 Å². The minimum atomic E-state index is -0.140. The van der Waals surface area contributed by atoms with Crippen LogP contribution in [0.4, 0.5) is 0 Å². The van der Waals surface area contributed by atoms with Crippen LogP contribution in [0.2, 0.25) is 0 Å². The van der Waals surface area contributed by atoms with Gasteiger partial charge in [0, 0.05) is 0 Å². The van der Waals surface area contributed by atoms with Crippen LogP contribution < -0.4 is 11.8 Å². The average Bonchev–Trinajstić information content (AvgIpc) is 2.69. The van der Waals surface area contributed by atoms with E-state index in [0.717, 1.165) is 0 Å². The molecule has 26 heavy (non-hydrogen) atoms. The van der Waals surface area contributed by atoms with E-state index in [4.69, 9.17) is 45.5 Å². The number of rotatable bonds is 11. The van der Waals surface area contributed by atoms with Crippen molar-refractivity contribution in [1.82, 2.24) is 0 Å².